The van der Waals surface area contributed by atoms with Crippen LogP contribution in [0.1, 0.15) is 5.56 Å². The maximum atomic E-state index is 10.6. The van der Waals surface area contributed by atoms with Crippen molar-refractivity contribution in [3.63, 3.8) is 0 Å². The van der Waals surface area contributed by atoms with Crippen molar-refractivity contribution in [2.45, 2.75) is 6.10 Å². The predicted octanol–water partition coefficient (Wildman–Crippen LogP) is 1.62. The minimum Gasteiger partial charge on any atom is -0.386 e. The molecular weight excluding hydrogens is 281 g/mol. The zero-order valence-corrected chi connectivity index (χ0v) is 11.4. The molecule has 0 saturated heterocycles. The lowest BCUT2D eigenvalue weighted by Gasteiger charge is -2.12. The summed E-state index contributed by atoms with van der Waals surface area (Å²) in [5.74, 6) is 0. The molecule has 1 aromatic carbocycles. The molecule has 0 fully saturated rings. The fraction of sp³-hybridized carbons (Fsp3) is 0.154. The first-order valence-electron chi connectivity index (χ1n) is 5.63. The van der Waals surface area contributed by atoms with Crippen LogP contribution in [0.25, 0.3) is 6.08 Å². The van der Waals surface area contributed by atoms with Crippen molar-refractivity contribution < 1.29 is 24.0 Å². The number of aliphatic hydroxyl groups is 1. The fourth-order valence-electron chi connectivity index (χ4n) is 1.35. The Balaban J connectivity index is 2.75. The van der Waals surface area contributed by atoms with E-state index in [1.54, 1.807) is 12.1 Å². The van der Waals surface area contributed by atoms with E-state index in [1.165, 1.54) is 6.08 Å². The van der Waals surface area contributed by atoms with Gasteiger partial charge in [0.2, 0.25) is 0 Å². The second-order valence-corrected chi connectivity index (χ2v) is 5.06. The van der Waals surface area contributed by atoms with Crippen LogP contribution in [0.4, 0.5) is 0 Å². The van der Waals surface area contributed by atoms with E-state index in [1.807, 2.05) is 30.3 Å². The topological polar surface area (TPSA) is 111 Å². The maximum Gasteiger partial charge on any atom is 0.469 e. The summed E-state index contributed by atoms with van der Waals surface area (Å²) in [5, 5.41) is 18.4. The molecule has 0 radical (unpaired) electrons. The molecule has 1 unspecified atom stereocenters. The van der Waals surface area contributed by atoms with E-state index in [0.29, 0.717) is 0 Å². The van der Waals surface area contributed by atoms with Gasteiger partial charge in [-0.1, -0.05) is 42.5 Å². The first kappa shape index (κ1) is 16.3. The Labute approximate surface area is 116 Å². The largest absolute Gasteiger partial charge is 0.469 e. The Hall–Kier alpha value is -1.74. The number of phosphoric acid groups is 1. The summed E-state index contributed by atoms with van der Waals surface area (Å²) in [5.41, 5.74) is 1.06. The van der Waals surface area contributed by atoms with Gasteiger partial charge in [0.25, 0.3) is 0 Å². The van der Waals surface area contributed by atoms with Gasteiger partial charge in [-0.15, -0.1) is 0 Å². The smallest absolute Gasteiger partial charge is 0.386 e. The van der Waals surface area contributed by atoms with Crippen molar-refractivity contribution in [3.8, 4) is 6.07 Å². The van der Waals surface area contributed by atoms with Crippen molar-refractivity contribution in [3.05, 3.63) is 53.6 Å². The van der Waals surface area contributed by atoms with Crippen LogP contribution in [-0.4, -0.2) is 27.6 Å². The van der Waals surface area contributed by atoms with E-state index < -0.39 is 20.5 Å². The number of hydrogen-bond acceptors (Lipinski definition) is 4. The van der Waals surface area contributed by atoms with Crippen LogP contribution in [0, 0.1) is 11.3 Å². The van der Waals surface area contributed by atoms with Crippen LogP contribution >= 0.6 is 7.82 Å². The SMILES string of the molecule is N#CC=C(C=Cc1ccccc1)C(O)COP(=O)(O)O. The molecule has 1 rings (SSSR count). The summed E-state index contributed by atoms with van der Waals surface area (Å²) in [6.07, 6.45) is 2.95. The number of phosphoric ester groups is 1. The minimum absolute atomic E-state index is 0.199. The third kappa shape index (κ3) is 6.43. The Bertz CT molecular complexity index is 570. The summed E-state index contributed by atoms with van der Waals surface area (Å²) in [6, 6.07) is 10.9. The first-order valence-corrected chi connectivity index (χ1v) is 7.16. The second kappa shape index (κ2) is 7.75. The lowest BCUT2D eigenvalue weighted by atomic mass is 10.1. The molecule has 0 bridgehead atoms. The van der Waals surface area contributed by atoms with Crippen molar-refractivity contribution in [2.75, 3.05) is 6.61 Å². The van der Waals surface area contributed by atoms with Gasteiger partial charge >= 0.3 is 7.82 Å². The molecule has 6 nitrogen and oxygen atoms in total. The van der Waals surface area contributed by atoms with Gasteiger partial charge in [0.1, 0.15) is 6.10 Å². The summed E-state index contributed by atoms with van der Waals surface area (Å²) in [6.45, 7) is -0.600. The van der Waals surface area contributed by atoms with Crippen LogP contribution in [0.15, 0.2) is 48.1 Å². The summed E-state index contributed by atoms with van der Waals surface area (Å²) < 4.78 is 14.8. The van der Waals surface area contributed by atoms with Gasteiger partial charge in [0, 0.05) is 6.08 Å². The molecule has 0 aliphatic carbocycles. The van der Waals surface area contributed by atoms with Gasteiger partial charge in [-0.05, 0) is 11.1 Å². The monoisotopic (exact) mass is 295 g/mol. The predicted molar refractivity (Wildman–Crippen MR) is 73.2 cm³/mol. The van der Waals surface area contributed by atoms with E-state index in [0.717, 1.165) is 11.6 Å². The number of nitrogens with zero attached hydrogens (tertiary/aromatic N) is 1. The Morgan fingerprint density at radius 3 is 2.60 bits per heavy atom. The summed E-state index contributed by atoms with van der Waals surface area (Å²) >= 11 is 0. The van der Waals surface area contributed by atoms with Crippen LogP contribution in [-0.2, 0) is 9.09 Å². The number of hydrogen-bond donors (Lipinski definition) is 3. The van der Waals surface area contributed by atoms with Gasteiger partial charge in [-0.2, -0.15) is 5.26 Å². The van der Waals surface area contributed by atoms with E-state index >= 15 is 0 Å². The Kier molecular flexibility index (Phi) is 6.32. The number of benzene rings is 1. The zero-order chi connectivity index (χ0) is 15.0. The molecule has 0 spiro atoms. The van der Waals surface area contributed by atoms with E-state index in [2.05, 4.69) is 4.52 Å². The quantitative estimate of drug-likeness (QED) is 0.418. The fourth-order valence-corrected chi connectivity index (χ4v) is 1.69. The zero-order valence-electron chi connectivity index (χ0n) is 10.5. The average molecular weight is 295 g/mol. The van der Waals surface area contributed by atoms with E-state index in [-0.39, 0.29) is 5.57 Å². The van der Waals surface area contributed by atoms with Gasteiger partial charge < -0.3 is 14.9 Å². The molecule has 0 saturated carbocycles. The maximum absolute atomic E-state index is 10.6. The van der Waals surface area contributed by atoms with Crippen LogP contribution < -0.4 is 0 Å². The number of rotatable bonds is 6. The summed E-state index contributed by atoms with van der Waals surface area (Å²) in [7, 11) is -4.65. The van der Waals surface area contributed by atoms with Gasteiger partial charge in [-0.25, -0.2) is 4.57 Å². The molecule has 0 heterocycles. The number of allylic oxidation sites excluding steroid dienone is 1. The third-order valence-electron chi connectivity index (χ3n) is 2.28. The molecule has 1 aromatic rings. The van der Waals surface area contributed by atoms with Gasteiger partial charge in [0.15, 0.2) is 0 Å². The highest BCUT2D eigenvalue weighted by Gasteiger charge is 2.18. The van der Waals surface area contributed by atoms with Crippen LogP contribution in [0.5, 0.6) is 0 Å². The third-order valence-corrected chi connectivity index (χ3v) is 2.77. The second-order valence-electron chi connectivity index (χ2n) is 3.82. The lowest BCUT2D eigenvalue weighted by molar-refractivity contribution is 0.109. The van der Waals surface area contributed by atoms with Crippen molar-refractivity contribution >= 4 is 13.9 Å². The number of aliphatic hydroxyl groups excluding tert-OH is 1. The molecule has 0 amide bonds. The Morgan fingerprint density at radius 1 is 1.40 bits per heavy atom. The molecule has 20 heavy (non-hydrogen) atoms. The molecular formula is C13H14NO5P. The van der Waals surface area contributed by atoms with Gasteiger partial charge in [-0.3, -0.25) is 4.52 Å². The molecule has 0 aromatic heterocycles. The lowest BCUT2D eigenvalue weighted by Crippen LogP contribution is -2.16. The van der Waals surface area contributed by atoms with Crippen LogP contribution in [0.3, 0.4) is 0 Å². The van der Waals surface area contributed by atoms with Crippen molar-refractivity contribution in [2.24, 2.45) is 0 Å². The van der Waals surface area contributed by atoms with Gasteiger partial charge in [0.05, 0.1) is 12.7 Å². The van der Waals surface area contributed by atoms with Crippen molar-refractivity contribution in [1.29, 1.82) is 5.26 Å². The molecule has 0 aliphatic heterocycles. The average Bonchev–Trinajstić information content (AvgIpc) is 2.41. The summed E-state index contributed by atoms with van der Waals surface area (Å²) in [4.78, 5) is 17.1. The highest BCUT2D eigenvalue weighted by atomic mass is 31.2. The Morgan fingerprint density at radius 2 is 2.05 bits per heavy atom. The van der Waals surface area contributed by atoms with E-state index in [9.17, 15) is 9.67 Å². The number of nitriles is 1. The highest BCUT2D eigenvalue weighted by molar-refractivity contribution is 7.46. The van der Waals surface area contributed by atoms with Crippen LogP contribution in [0.2, 0.25) is 0 Å². The molecule has 7 heteroatoms. The molecule has 3 N–H and O–H groups in total. The standard InChI is InChI=1S/C13H14NO5P/c14-9-8-12(13(15)10-19-20(16,17)18)7-6-11-4-2-1-3-5-11/h1-8,13,15H,10H2,(H2,16,17,18). The molecule has 0 aliphatic rings. The first-order chi connectivity index (χ1) is 9.42. The van der Waals surface area contributed by atoms with Crippen molar-refractivity contribution in [1.82, 2.24) is 0 Å². The van der Waals surface area contributed by atoms with E-state index in [4.69, 9.17) is 15.0 Å². The minimum atomic E-state index is -4.65. The molecule has 106 valence electrons. The normalized spacial score (nSPS) is 14.2. The highest BCUT2D eigenvalue weighted by Crippen LogP contribution is 2.36. The molecule has 1 atom stereocenters.